The topological polar surface area (TPSA) is 83.0 Å². The van der Waals surface area contributed by atoms with E-state index in [4.69, 9.17) is 4.74 Å². The Hall–Kier alpha value is -1.06. The fraction of sp³-hybridized carbons (Fsp3) is 0.722. The monoisotopic (exact) mass is 381 g/mol. The van der Waals surface area contributed by atoms with Gasteiger partial charge in [0.05, 0.1) is 18.8 Å². The molecule has 1 spiro atoms. The summed E-state index contributed by atoms with van der Waals surface area (Å²) >= 11 is 0. The van der Waals surface area contributed by atoms with Crippen molar-refractivity contribution in [1.29, 1.82) is 0 Å². The maximum Gasteiger partial charge on any atom is 0.260 e. The van der Waals surface area contributed by atoms with E-state index in [9.17, 15) is 13.5 Å². The number of pyridine rings is 1. The molecular formula is C18H27N3O4S. The van der Waals surface area contributed by atoms with Gasteiger partial charge in [-0.1, -0.05) is 6.07 Å². The lowest BCUT2D eigenvalue weighted by Gasteiger charge is -2.37. The van der Waals surface area contributed by atoms with Crippen LogP contribution in [0.3, 0.4) is 0 Å². The van der Waals surface area contributed by atoms with Crippen molar-refractivity contribution >= 4 is 10.0 Å². The zero-order valence-electron chi connectivity index (χ0n) is 15.0. The Labute approximate surface area is 155 Å². The zero-order valence-corrected chi connectivity index (χ0v) is 15.8. The van der Waals surface area contributed by atoms with Crippen molar-refractivity contribution in [3.05, 3.63) is 24.4 Å². The van der Waals surface area contributed by atoms with Gasteiger partial charge in [-0.05, 0) is 43.2 Å². The van der Waals surface area contributed by atoms with E-state index in [1.54, 1.807) is 22.5 Å². The molecule has 4 heterocycles. The predicted octanol–water partition coefficient (Wildman–Crippen LogP) is 0.708. The van der Waals surface area contributed by atoms with Crippen LogP contribution in [0.5, 0.6) is 0 Å². The molecule has 8 heteroatoms. The molecule has 0 bridgehead atoms. The lowest BCUT2D eigenvalue weighted by Crippen LogP contribution is -2.43. The molecule has 0 amide bonds. The molecule has 1 aromatic rings. The number of aromatic nitrogens is 1. The van der Waals surface area contributed by atoms with Crippen LogP contribution in [0.25, 0.3) is 0 Å². The van der Waals surface area contributed by atoms with E-state index in [-0.39, 0.29) is 22.6 Å². The van der Waals surface area contributed by atoms with Crippen molar-refractivity contribution < 1.29 is 18.3 Å². The average molecular weight is 381 g/mol. The molecule has 3 aliphatic rings. The second kappa shape index (κ2) is 7.16. The summed E-state index contributed by atoms with van der Waals surface area (Å²) < 4.78 is 33.0. The third-order valence-electron chi connectivity index (χ3n) is 6.02. The first-order valence-corrected chi connectivity index (χ1v) is 10.8. The molecule has 2 unspecified atom stereocenters. The van der Waals surface area contributed by atoms with Crippen molar-refractivity contribution in [3.8, 4) is 0 Å². The predicted molar refractivity (Wildman–Crippen MR) is 96.1 cm³/mol. The van der Waals surface area contributed by atoms with Gasteiger partial charge in [-0.25, -0.2) is 13.4 Å². The number of hydrogen-bond acceptors (Lipinski definition) is 6. The molecule has 3 saturated heterocycles. The number of piperidine rings is 1. The van der Waals surface area contributed by atoms with E-state index in [0.29, 0.717) is 19.7 Å². The number of likely N-dealkylation sites (tertiary alicyclic amines) is 1. The quantitative estimate of drug-likeness (QED) is 0.827. The highest BCUT2D eigenvalue weighted by atomic mass is 32.2. The maximum atomic E-state index is 12.7. The number of β-amino-alcohol motifs (C(OH)–C–C–N with tert-alkyl or cyclic N) is 1. The van der Waals surface area contributed by atoms with Gasteiger partial charge in [0.1, 0.15) is 0 Å². The Morgan fingerprint density at radius 2 is 2.08 bits per heavy atom. The molecule has 3 fully saturated rings. The summed E-state index contributed by atoms with van der Waals surface area (Å²) in [6, 6.07) is 4.98. The molecule has 26 heavy (non-hydrogen) atoms. The van der Waals surface area contributed by atoms with Crippen molar-refractivity contribution in [2.75, 3.05) is 39.3 Å². The van der Waals surface area contributed by atoms with Gasteiger partial charge in [0, 0.05) is 38.9 Å². The van der Waals surface area contributed by atoms with Crippen LogP contribution in [0.1, 0.15) is 25.7 Å². The number of hydrogen-bond donors (Lipinski definition) is 1. The number of sulfonamides is 1. The Bertz CT molecular complexity index is 719. The van der Waals surface area contributed by atoms with Crippen molar-refractivity contribution in [3.63, 3.8) is 0 Å². The molecule has 0 aliphatic carbocycles. The third-order valence-corrected chi connectivity index (χ3v) is 7.84. The summed E-state index contributed by atoms with van der Waals surface area (Å²) in [6.07, 6.45) is 5.00. The van der Waals surface area contributed by atoms with E-state index in [2.05, 4.69) is 9.88 Å². The molecule has 3 aliphatic heterocycles. The average Bonchev–Trinajstić information content (AvgIpc) is 3.23. The molecule has 0 saturated carbocycles. The molecule has 1 aromatic heterocycles. The Kier molecular flexibility index (Phi) is 5.04. The van der Waals surface area contributed by atoms with Gasteiger partial charge in [-0.3, -0.25) is 4.90 Å². The van der Waals surface area contributed by atoms with Gasteiger partial charge in [-0.2, -0.15) is 4.31 Å². The highest BCUT2D eigenvalue weighted by Gasteiger charge is 2.45. The van der Waals surface area contributed by atoms with Crippen molar-refractivity contribution in [1.82, 2.24) is 14.2 Å². The van der Waals surface area contributed by atoms with Crippen LogP contribution in [0, 0.1) is 5.41 Å². The molecule has 1 N–H and O–H groups in total. The fourth-order valence-corrected chi connectivity index (χ4v) is 5.83. The Balaban J connectivity index is 1.34. The summed E-state index contributed by atoms with van der Waals surface area (Å²) in [5.74, 6) is 0. The van der Waals surface area contributed by atoms with Gasteiger partial charge in [0.15, 0.2) is 5.03 Å². The van der Waals surface area contributed by atoms with Gasteiger partial charge in [-0.15, -0.1) is 0 Å². The molecule has 4 rings (SSSR count). The summed E-state index contributed by atoms with van der Waals surface area (Å²) in [4.78, 5) is 6.28. The minimum atomic E-state index is -3.50. The molecule has 7 nitrogen and oxygen atoms in total. The second-order valence-corrected chi connectivity index (χ2v) is 9.80. The maximum absolute atomic E-state index is 12.7. The van der Waals surface area contributed by atoms with E-state index >= 15 is 0 Å². The molecule has 0 radical (unpaired) electrons. The first kappa shape index (κ1) is 18.3. The smallest absolute Gasteiger partial charge is 0.260 e. The first-order chi connectivity index (χ1) is 12.5. The largest absolute Gasteiger partial charge is 0.392 e. The molecule has 2 atom stereocenters. The van der Waals surface area contributed by atoms with Crippen LogP contribution in [-0.4, -0.2) is 79.3 Å². The van der Waals surface area contributed by atoms with E-state index in [1.807, 2.05) is 0 Å². The number of aliphatic hydroxyl groups is 1. The van der Waals surface area contributed by atoms with Crippen molar-refractivity contribution in [2.24, 2.45) is 5.41 Å². The fourth-order valence-electron chi connectivity index (χ4n) is 4.46. The van der Waals surface area contributed by atoms with Crippen LogP contribution in [-0.2, 0) is 14.8 Å². The molecular weight excluding hydrogens is 354 g/mol. The summed E-state index contributed by atoms with van der Waals surface area (Å²) in [5.41, 5.74) is 0.0964. The highest BCUT2D eigenvalue weighted by Crippen LogP contribution is 2.43. The molecule has 0 aromatic carbocycles. The third kappa shape index (κ3) is 3.66. The van der Waals surface area contributed by atoms with Crippen LogP contribution in [0.15, 0.2) is 29.4 Å². The van der Waals surface area contributed by atoms with Gasteiger partial charge in [0.2, 0.25) is 0 Å². The normalized spacial score (nSPS) is 30.2. The van der Waals surface area contributed by atoms with E-state index < -0.39 is 10.0 Å². The minimum Gasteiger partial charge on any atom is -0.392 e. The van der Waals surface area contributed by atoms with Crippen molar-refractivity contribution in [2.45, 2.75) is 42.9 Å². The van der Waals surface area contributed by atoms with Gasteiger partial charge >= 0.3 is 0 Å². The Morgan fingerprint density at radius 1 is 1.27 bits per heavy atom. The van der Waals surface area contributed by atoms with Crippen LogP contribution in [0.4, 0.5) is 0 Å². The minimum absolute atomic E-state index is 0.0964. The molecule has 144 valence electrons. The summed E-state index contributed by atoms with van der Waals surface area (Å²) in [7, 11) is -3.50. The highest BCUT2D eigenvalue weighted by molar-refractivity contribution is 7.89. The van der Waals surface area contributed by atoms with E-state index in [0.717, 1.165) is 45.3 Å². The number of ether oxygens (including phenoxy) is 1. The zero-order chi connectivity index (χ0) is 18.2. The Morgan fingerprint density at radius 3 is 2.73 bits per heavy atom. The number of rotatable bonds is 4. The van der Waals surface area contributed by atoms with Gasteiger partial charge in [0.25, 0.3) is 10.0 Å². The summed E-state index contributed by atoms with van der Waals surface area (Å²) in [5, 5.41) is 9.79. The standard InChI is InChI=1S/C18H27N3O4S/c22-15-4-8-20(12-15)13-16-11-18(14-25-16)5-9-21(10-6-18)26(23,24)17-3-1-2-7-19-17/h1-3,7,15-16,22H,4-6,8-14H2. The SMILES string of the molecule is O=S(=O)(c1ccccn1)N1CCC2(CC1)COC(CN1CCC(O)C1)C2. The second-order valence-electron chi connectivity index (χ2n) is 7.91. The van der Waals surface area contributed by atoms with Crippen LogP contribution in [0.2, 0.25) is 0 Å². The number of nitrogens with zero attached hydrogens (tertiary/aromatic N) is 3. The summed E-state index contributed by atoms with van der Waals surface area (Å²) in [6.45, 7) is 4.31. The first-order valence-electron chi connectivity index (χ1n) is 9.40. The number of aliphatic hydroxyl groups excluding tert-OH is 1. The van der Waals surface area contributed by atoms with Gasteiger partial charge < -0.3 is 9.84 Å². The van der Waals surface area contributed by atoms with Crippen LogP contribution >= 0.6 is 0 Å². The lowest BCUT2D eigenvalue weighted by atomic mass is 9.77. The van der Waals surface area contributed by atoms with Crippen LogP contribution < -0.4 is 0 Å². The van der Waals surface area contributed by atoms with E-state index in [1.165, 1.54) is 6.20 Å². The lowest BCUT2D eigenvalue weighted by molar-refractivity contribution is 0.0598.